The van der Waals surface area contributed by atoms with Gasteiger partial charge < -0.3 is 15.4 Å². The molecule has 5 nitrogen and oxygen atoms in total. The zero-order valence-corrected chi connectivity index (χ0v) is 16.4. The minimum atomic E-state index is -0.161. The molecule has 1 fully saturated rings. The van der Waals surface area contributed by atoms with Crippen LogP contribution in [0, 0.1) is 0 Å². The predicted molar refractivity (Wildman–Crippen MR) is 110 cm³/mol. The quantitative estimate of drug-likeness (QED) is 0.742. The molecular weight excluding hydrogens is 352 g/mol. The van der Waals surface area contributed by atoms with Gasteiger partial charge in [0.15, 0.2) is 0 Å². The smallest absolute Gasteiger partial charge is 0.251 e. The molecule has 2 aromatic rings. The lowest BCUT2D eigenvalue weighted by Crippen LogP contribution is -2.34. The van der Waals surface area contributed by atoms with Gasteiger partial charge in [-0.15, -0.1) is 0 Å². The third kappa shape index (κ3) is 5.59. The molecule has 0 aliphatic heterocycles. The number of hydrogen-bond donors (Lipinski definition) is 2. The standard InChI is InChI=1S/C23H28N2O3/c1-28-21-14-8-17(9-15-21)16-24-22(26)18-10-12-19(13-11-18)23(27)25-20-6-4-2-3-5-7-20/h8-15,20H,2-7,16H2,1H3,(H,24,26)(H,25,27). The molecule has 5 heteroatoms. The zero-order valence-electron chi connectivity index (χ0n) is 16.4. The van der Waals surface area contributed by atoms with E-state index in [1.54, 1.807) is 31.4 Å². The van der Waals surface area contributed by atoms with E-state index >= 15 is 0 Å². The van der Waals surface area contributed by atoms with Crippen LogP contribution in [0.3, 0.4) is 0 Å². The Labute approximate surface area is 166 Å². The predicted octanol–water partition coefficient (Wildman–Crippen LogP) is 4.08. The van der Waals surface area contributed by atoms with Gasteiger partial charge in [0, 0.05) is 23.7 Å². The van der Waals surface area contributed by atoms with E-state index in [1.165, 1.54) is 25.7 Å². The number of carbonyl (C=O) groups excluding carboxylic acids is 2. The minimum Gasteiger partial charge on any atom is -0.497 e. The van der Waals surface area contributed by atoms with Gasteiger partial charge in [0.2, 0.25) is 0 Å². The number of ether oxygens (including phenoxy) is 1. The first kappa shape index (κ1) is 19.9. The zero-order chi connectivity index (χ0) is 19.8. The molecule has 3 rings (SSSR count). The first-order valence-corrected chi connectivity index (χ1v) is 9.98. The largest absolute Gasteiger partial charge is 0.497 e. The Balaban J connectivity index is 1.52. The third-order valence-corrected chi connectivity index (χ3v) is 5.21. The Morgan fingerprint density at radius 3 is 2.00 bits per heavy atom. The summed E-state index contributed by atoms with van der Waals surface area (Å²) in [5.74, 6) is 0.566. The first-order chi connectivity index (χ1) is 13.7. The molecule has 28 heavy (non-hydrogen) atoms. The Hall–Kier alpha value is -2.82. The molecule has 0 heterocycles. The average Bonchev–Trinajstić information content (AvgIpc) is 3.01. The van der Waals surface area contributed by atoms with Crippen LogP contribution in [0.4, 0.5) is 0 Å². The normalized spacial score (nSPS) is 14.8. The van der Waals surface area contributed by atoms with Gasteiger partial charge in [-0.2, -0.15) is 0 Å². The number of methoxy groups -OCH3 is 1. The highest BCUT2D eigenvalue weighted by Crippen LogP contribution is 2.18. The van der Waals surface area contributed by atoms with Crippen molar-refractivity contribution in [2.24, 2.45) is 0 Å². The maximum atomic E-state index is 12.4. The van der Waals surface area contributed by atoms with Crippen LogP contribution in [0.5, 0.6) is 5.75 Å². The highest BCUT2D eigenvalue weighted by Gasteiger charge is 2.16. The highest BCUT2D eigenvalue weighted by atomic mass is 16.5. The molecular formula is C23H28N2O3. The van der Waals surface area contributed by atoms with E-state index in [-0.39, 0.29) is 17.9 Å². The van der Waals surface area contributed by atoms with Crippen molar-refractivity contribution < 1.29 is 14.3 Å². The second-order valence-corrected chi connectivity index (χ2v) is 7.27. The van der Waals surface area contributed by atoms with Gasteiger partial charge in [0.05, 0.1) is 7.11 Å². The van der Waals surface area contributed by atoms with Gasteiger partial charge in [-0.3, -0.25) is 9.59 Å². The highest BCUT2D eigenvalue weighted by molar-refractivity contribution is 5.97. The molecule has 0 spiro atoms. The Bertz CT molecular complexity index is 776. The van der Waals surface area contributed by atoms with E-state index in [2.05, 4.69) is 10.6 Å². The average molecular weight is 380 g/mol. The molecule has 0 saturated heterocycles. The molecule has 0 unspecified atom stereocenters. The Morgan fingerprint density at radius 1 is 0.857 bits per heavy atom. The van der Waals surface area contributed by atoms with Gasteiger partial charge in [-0.1, -0.05) is 37.8 Å². The lowest BCUT2D eigenvalue weighted by atomic mass is 10.1. The van der Waals surface area contributed by atoms with Gasteiger partial charge in [0.25, 0.3) is 11.8 Å². The van der Waals surface area contributed by atoms with E-state index < -0.39 is 0 Å². The number of carbonyl (C=O) groups is 2. The summed E-state index contributed by atoms with van der Waals surface area (Å²) in [6.45, 7) is 0.437. The van der Waals surface area contributed by atoms with Crippen molar-refractivity contribution in [3.63, 3.8) is 0 Å². The van der Waals surface area contributed by atoms with Crippen molar-refractivity contribution in [2.45, 2.75) is 51.1 Å². The molecule has 0 atom stereocenters. The van der Waals surface area contributed by atoms with Crippen LogP contribution >= 0.6 is 0 Å². The van der Waals surface area contributed by atoms with Crippen LogP contribution in [0.2, 0.25) is 0 Å². The molecule has 0 aromatic heterocycles. The minimum absolute atomic E-state index is 0.0582. The monoisotopic (exact) mass is 380 g/mol. The van der Waals surface area contributed by atoms with Crippen LogP contribution in [0.15, 0.2) is 48.5 Å². The summed E-state index contributed by atoms with van der Waals surface area (Å²) in [4.78, 5) is 24.8. The van der Waals surface area contributed by atoms with Crippen molar-refractivity contribution in [2.75, 3.05) is 7.11 Å². The summed E-state index contributed by atoms with van der Waals surface area (Å²) in [5.41, 5.74) is 2.13. The van der Waals surface area contributed by atoms with Crippen LogP contribution < -0.4 is 15.4 Å². The molecule has 1 saturated carbocycles. The fraction of sp³-hybridized carbons (Fsp3) is 0.391. The van der Waals surface area contributed by atoms with E-state index in [9.17, 15) is 9.59 Å². The van der Waals surface area contributed by atoms with Crippen molar-refractivity contribution in [3.05, 3.63) is 65.2 Å². The van der Waals surface area contributed by atoms with Gasteiger partial charge in [0.1, 0.15) is 5.75 Å². The fourth-order valence-corrected chi connectivity index (χ4v) is 3.49. The Kier molecular flexibility index (Phi) is 7.06. The van der Waals surface area contributed by atoms with E-state index in [4.69, 9.17) is 4.74 Å². The lowest BCUT2D eigenvalue weighted by molar-refractivity contribution is 0.0927. The number of hydrogen-bond acceptors (Lipinski definition) is 3. The molecule has 2 amide bonds. The second-order valence-electron chi connectivity index (χ2n) is 7.27. The van der Waals surface area contributed by atoms with Crippen LogP contribution in [-0.4, -0.2) is 25.0 Å². The van der Waals surface area contributed by atoms with E-state index in [0.29, 0.717) is 17.7 Å². The molecule has 1 aliphatic carbocycles. The summed E-state index contributed by atoms with van der Waals surface area (Å²) >= 11 is 0. The molecule has 148 valence electrons. The second kappa shape index (κ2) is 9.93. The fourth-order valence-electron chi connectivity index (χ4n) is 3.49. The molecule has 1 aliphatic rings. The van der Waals surface area contributed by atoms with Crippen molar-refractivity contribution in [1.29, 1.82) is 0 Å². The van der Waals surface area contributed by atoms with Crippen molar-refractivity contribution >= 4 is 11.8 Å². The molecule has 2 aromatic carbocycles. The molecule has 0 radical (unpaired) electrons. The lowest BCUT2D eigenvalue weighted by Gasteiger charge is -2.16. The maximum Gasteiger partial charge on any atom is 0.251 e. The SMILES string of the molecule is COc1ccc(CNC(=O)c2ccc(C(=O)NC3CCCCCC3)cc2)cc1. The summed E-state index contributed by atoms with van der Waals surface area (Å²) in [5, 5.41) is 6.02. The summed E-state index contributed by atoms with van der Waals surface area (Å²) in [6, 6.07) is 14.7. The van der Waals surface area contributed by atoms with Gasteiger partial charge >= 0.3 is 0 Å². The Morgan fingerprint density at radius 2 is 1.43 bits per heavy atom. The van der Waals surface area contributed by atoms with Crippen molar-refractivity contribution in [3.8, 4) is 5.75 Å². The summed E-state index contributed by atoms with van der Waals surface area (Å²) in [6.07, 6.45) is 6.98. The van der Waals surface area contributed by atoms with Crippen LogP contribution in [0.1, 0.15) is 64.8 Å². The summed E-state index contributed by atoms with van der Waals surface area (Å²) in [7, 11) is 1.62. The molecule has 0 bridgehead atoms. The van der Waals surface area contributed by atoms with Crippen LogP contribution in [0.25, 0.3) is 0 Å². The topological polar surface area (TPSA) is 67.4 Å². The van der Waals surface area contributed by atoms with Gasteiger partial charge in [-0.05, 0) is 54.8 Å². The summed E-state index contributed by atoms with van der Waals surface area (Å²) < 4.78 is 5.13. The maximum absolute atomic E-state index is 12.4. The number of nitrogens with one attached hydrogen (secondary N) is 2. The van der Waals surface area contributed by atoms with E-state index in [0.717, 1.165) is 24.2 Å². The van der Waals surface area contributed by atoms with Crippen LogP contribution in [-0.2, 0) is 6.54 Å². The number of benzene rings is 2. The first-order valence-electron chi connectivity index (χ1n) is 9.98. The third-order valence-electron chi connectivity index (χ3n) is 5.21. The van der Waals surface area contributed by atoms with E-state index in [1.807, 2.05) is 24.3 Å². The van der Waals surface area contributed by atoms with Gasteiger partial charge in [-0.25, -0.2) is 0 Å². The molecule has 2 N–H and O–H groups in total. The number of amides is 2. The van der Waals surface area contributed by atoms with Crippen molar-refractivity contribution in [1.82, 2.24) is 10.6 Å². The number of rotatable bonds is 6.